The van der Waals surface area contributed by atoms with Crippen LogP contribution in [0.25, 0.3) is 0 Å². The Morgan fingerprint density at radius 3 is 2.79 bits per heavy atom. The molecule has 0 saturated heterocycles. The predicted molar refractivity (Wildman–Crippen MR) is 59.5 cm³/mol. The summed E-state index contributed by atoms with van der Waals surface area (Å²) >= 11 is 1.67. The van der Waals surface area contributed by atoms with E-state index in [0.29, 0.717) is 11.7 Å². The molecule has 0 aromatic heterocycles. The molecule has 1 aliphatic rings. The molecule has 1 fully saturated rings. The van der Waals surface area contributed by atoms with Crippen LogP contribution in [0.5, 0.6) is 5.75 Å². The molecule has 76 valence electrons. The van der Waals surface area contributed by atoms with Gasteiger partial charge in [-0.15, -0.1) is 11.8 Å². The summed E-state index contributed by atoms with van der Waals surface area (Å²) in [6, 6.07) is 5.68. The maximum Gasteiger partial charge on any atom is 0.120 e. The van der Waals surface area contributed by atoms with Crippen LogP contribution in [-0.2, 0) is 0 Å². The molecule has 1 saturated carbocycles. The third-order valence-corrected chi connectivity index (χ3v) is 3.45. The Labute approximate surface area is 88.5 Å². The lowest BCUT2D eigenvalue weighted by atomic mass is 10.0. The molecule has 1 atom stereocenters. The van der Waals surface area contributed by atoms with Gasteiger partial charge in [0.25, 0.3) is 0 Å². The smallest absolute Gasteiger partial charge is 0.120 e. The Balaban J connectivity index is 2.29. The molecule has 0 bridgehead atoms. The van der Waals surface area contributed by atoms with Crippen LogP contribution in [0.2, 0.25) is 0 Å². The highest BCUT2D eigenvalue weighted by Crippen LogP contribution is 2.42. The highest BCUT2D eigenvalue weighted by atomic mass is 32.2. The first kappa shape index (κ1) is 9.87. The average molecular weight is 209 g/mol. The van der Waals surface area contributed by atoms with Gasteiger partial charge in [-0.2, -0.15) is 0 Å². The summed E-state index contributed by atoms with van der Waals surface area (Å²) in [7, 11) is 0. The second-order valence-electron chi connectivity index (χ2n) is 3.79. The lowest BCUT2D eigenvalue weighted by molar-refractivity contribution is 0.455. The molecule has 0 amide bonds. The van der Waals surface area contributed by atoms with Crippen molar-refractivity contribution >= 4 is 11.8 Å². The number of aromatic hydroxyl groups is 1. The molecular weight excluding hydrogens is 194 g/mol. The normalized spacial score (nSPS) is 18.1. The summed E-state index contributed by atoms with van der Waals surface area (Å²) in [6.07, 6.45) is 4.42. The maximum atomic E-state index is 9.69. The van der Waals surface area contributed by atoms with E-state index in [9.17, 15) is 5.11 Å². The number of phenols is 1. The van der Waals surface area contributed by atoms with Gasteiger partial charge in [-0.1, -0.05) is 0 Å². The molecule has 14 heavy (non-hydrogen) atoms. The quantitative estimate of drug-likeness (QED) is 0.752. The van der Waals surface area contributed by atoms with Crippen molar-refractivity contribution < 1.29 is 5.11 Å². The molecule has 1 aliphatic carbocycles. The van der Waals surface area contributed by atoms with Crippen LogP contribution in [0.4, 0.5) is 0 Å². The highest BCUT2D eigenvalue weighted by molar-refractivity contribution is 7.98. The number of phenolic OH excluding ortho intramolecular Hbond substituents is 1. The summed E-state index contributed by atoms with van der Waals surface area (Å²) in [5.41, 5.74) is 6.96. The molecular formula is C11H15NOS. The molecule has 0 radical (unpaired) electrons. The fourth-order valence-corrected chi connectivity index (χ4v) is 2.08. The highest BCUT2D eigenvalue weighted by Gasteiger charge is 2.30. The van der Waals surface area contributed by atoms with Crippen molar-refractivity contribution in [1.82, 2.24) is 0 Å². The lowest BCUT2D eigenvalue weighted by Crippen LogP contribution is -2.12. The second kappa shape index (κ2) is 3.83. The Bertz CT molecular complexity index is 336. The van der Waals surface area contributed by atoms with E-state index in [-0.39, 0.29) is 6.04 Å². The molecule has 2 rings (SSSR count). The van der Waals surface area contributed by atoms with Gasteiger partial charge in [-0.25, -0.2) is 0 Å². The minimum absolute atomic E-state index is 0.0158. The maximum absolute atomic E-state index is 9.69. The predicted octanol–water partition coefficient (Wildman–Crippen LogP) is 2.52. The Kier molecular flexibility index (Phi) is 2.70. The fourth-order valence-electron chi connectivity index (χ4n) is 1.64. The molecule has 0 aliphatic heterocycles. The zero-order valence-electron chi connectivity index (χ0n) is 8.23. The number of nitrogens with two attached hydrogens (primary N) is 1. The van der Waals surface area contributed by atoms with Gasteiger partial charge >= 0.3 is 0 Å². The standard InChI is InChI=1S/C11H15NOS/c1-14-8-4-5-10(13)9(6-8)11(12)7-2-3-7/h4-7,11,13H,2-3,12H2,1H3. The van der Waals surface area contributed by atoms with E-state index in [1.807, 2.05) is 18.4 Å². The minimum Gasteiger partial charge on any atom is -0.508 e. The van der Waals surface area contributed by atoms with Crippen molar-refractivity contribution in [3.63, 3.8) is 0 Å². The molecule has 2 nitrogen and oxygen atoms in total. The summed E-state index contributed by atoms with van der Waals surface area (Å²) < 4.78 is 0. The Morgan fingerprint density at radius 2 is 2.21 bits per heavy atom. The van der Waals surface area contributed by atoms with E-state index in [1.165, 1.54) is 12.8 Å². The number of rotatable bonds is 3. The average Bonchev–Trinajstić information content (AvgIpc) is 3.01. The van der Waals surface area contributed by atoms with Crippen LogP contribution in [0, 0.1) is 5.92 Å². The van der Waals surface area contributed by atoms with Crippen LogP contribution in [0.3, 0.4) is 0 Å². The molecule has 1 aromatic rings. The monoisotopic (exact) mass is 209 g/mol. The third kappa shape index (κ3) is 1.88. The summed E-state index contributed by atoms with van der Waals surface area (Å²) in [5.74, 6) is 0.917. The summed E-state index contributed by atoms with van der Waals surface area (Å²) in [5, 5.41) is 9.69. The minimum atomic E-state index is 0.0158. The first-order chi connectivity index (χ1) is 6.72. The third-order valence-electron chi connectivity index (χ3n) is 2.72. The number of thioether (sulfide) groups is 1. The number of hydrogen-bond donors (Lipinski definition) is 2. The van der Waals surface area contributed by atoms with Gasteiger partial charge in [-0.05, 0) is 43.2 Å². The van der Waals surface area contributed by atoms with E-state index >= 15 is 0 Å². The van der Waals surface area contributed by atoms with Crippen LogP contribution in [0.15, 0.2) is 23.1 Å². The molecule has 1 aromatic carbocycles. The largest absolute Gasteiger partial charge is 0.508 e. The van der Waals surface area contributed by atoms with Crippen molar-refractivity contribution in [3.8, 4) is 5.75 Å². The lowest BCUT2D eigenvalue weighted by Gasteiger charge is -2.13. The van der Waals surface area contributed by atoms with Gasteiger partial charge in [0.1, 0.15) is 5.75 Å². The van der Waals surface area contributed by atoms with E-state index in [1.54, 1.807) is 17.8 Å². The first-order valence-corrected chi connectivity index (χ1v) is 6.07. The van der Waals surface area contributed by atoms with Crippen molar-refractivity contribution in [2.24, 2.45) is 11.7 Å². The van der Waals surface area contributed by atoms with E-state index in [0.717, 1.165) is 10.5 Å². The summed E-state index contributed by atoms with van der Waals surface area (Å²) in [6.45, 7) is 0. The Hall–Kier alpha value is -0.670. The van der Waals surface area contributed by atoms with Crippen molar-refractivity contribution in [1.29, 1.82) is 0 Å². The molecule has 3 N–H and O–H groups in total. The summed E-state index contributed by atoms with van der Waals surface area (Å²) in [4.78, 5) is 1.16. The number of benzene rings is 1. The first-order valence-electron chi connectivity index (χ1n) is 4.85. The topological polar surface area (TPSA) is 46.2 Å². The molecule has 3 heteroatoms. The van der Waals surface area contributed by atoms with Gasteiger partial charge < -0.3 is 10.8 Å². The van der Waals surface area contributed by atoms with Crippen LogP contribution in [-0.4, -0.2) is 11.4 Å². The zero-order valence-corrected chi connectivity index (χ0v) is 9.05. The van der Waals surface area contributed by atoms with Crippen molar-refractivity contribution in [2.45, 2.75) is 23.8 Å². The molecule has 1 unspecified atom stereocenters. The SMILES string of the molecule is CSc1ccc(O)c(C(N)C2CC2)c1. The van der Waals surface area contributed by atoms with Crippen LogP contribution >= 0.6 is 11.8 Å². The van der Waals surface area contributed by atoms with Crippen LogP contribution in [0.1, 0.15) is 24.4 Å². The van der Waals surface area contributed by atoms with Gasteiger partial charge in [0.2, 0.25) is 0 Å². The molecule has 0 spiro atoms. The van der Waals surface area contributed by atoms with E-state index < -0.39 is 0 Å². The van der Waals surface area contributed by atoms with E-state index in [4.69, 9.17) is 5.73 Å². The van der Waals surface area contributed by atoms with Crippen molar-refractivity contribution in [2.75, 3.05) is 6.26 Å². The van der Waals surface area contributed by atoms with Gasteiger partial charge in [0.05, 0.1) is 0 Å². The fraction of sp³-hybridized carbons (Fsp3) is 0.455. The van der Waals surface area contributed by atoms with Gasteiger partial charge in [0, 0.05) is 16.5 Å². The van der Waals surface area contributed by atoms with Gasteiger partial charge in [0.15, 0.2) is 0 Å². The van der Waals surface area contributed by atoms with Crippen LogP contribution < -0.4 is 5.73 Å². The number of hydrogen-bond acceptors (Lipinski definition) is 3. The Morgan fingerprint density at radius 1 is 1.50 bits per heavy atom. The van der Waals surface area contributed by atoms with Gasteiger partial charge in [-0.3, -0.25) is 0 Å². The second-order valence-corrected chi connectivity index (χ2v) is 4.67. The van der Waals surface area contributed by atoms with Crippen molar-refractivity contribution in [3.05, 3.63) is 23.8 Å². The van der Waals surface area contributed by atoms with E-state index in [2.05, 4.69) is 0 Å². The zero-order chi connectivity index (χ0) is 10.1. The molecule has 0 heterocycles.